The molecule has 110 valence electrons. The number of nitrogens with zero attached hydrogens (tertiary/aromatic N) is 3. The van der Waals surface area contributed by atoms with E-state index in [1.807, 2.05) is 12.1 Å². The van der Waals surface area contributed by atoms with Crippen LogP contribution in [0.2, 0.25) is 0 Å². The van der Waals surface area contributed by atoms with Gasteiger partial charge in [-0.05, 0) is 12.5 Å². The second-order valence-electron chi connectivity index (χ2n) is 4.56. The first-order valence-corrected chi connectivity index (χ1v) is 6.62. The Labute approximate surface area is 121 Å². The Balaban J connectivity index is 2.50. The van der Waals surface area contributed by atoms with Gasteiger partial charge in [0.25, 0.3) is 0 Å². The van der Waals surface area contributed by atoms with Crippen molar-refractivity contribution >= 4 is 28.4 Å². The van der Waals surface area contributed by atoms with Crippen LogP contribution in [-0.4, -0.2) is 21.5 Å². The molecule has 3 N–H and O–H groups in total. The number of hydrogen-bond donors (Lipinski definition) is 2. The molecule has 21 heavy (non-hydrogen) atoms. The smallest absolute Gasteiger partial charge is 0.353 e. The molecular weight excluding hydrogens is 272 g/mol. The zero-order valence-electron chi connectivity index (χ0n) is 11.6. The number of hydrogen-bond acceptors (Lipinski definition) is 4. The number of rotatable bonds is 4. The van der Waals surface area contributed by atoms with Gasteiger partial charge in [-0.2, -0.15) is 0 Å². The number of azo groups is 1. The van der Waals surface area contributed by atoms with Gasteiger partial charge in [-0.1, -0.05) is 31.5 Å². The van der Waals surface area contributed by atoms with E-state index in [0.29, 0.717) is 11.9 Å². The molecule has 0 aliphatic heterocycles. The molecule has 0 aliphatic carbocycles. The van der Waals surface area contributed by atoms with Gasteiger partial charge < -0.3 is 15.4 Å². The maximum atomic E-state index is 11.1. The first-order chi connectivity index (χ1) is 10.1. The first-order valence-electron chi connectivity index (χ1n) is 6.62. The maximum absolute atomic E-state index is 11.1. The molecule has 1 aromatic carbocycles. The molecule has 2 rings (SSSR count). The third-order valence-electron chi connectivity index (χ3n) is 3.10. The fraction of sp³-hybridized carbons (Fsp3) is 0.286. The van der Waals surface area contributed by atoms with Gasteiger partial charge in [-0.3, -0.25) is 9.59 Å². The molecule has 0 unspecified atom stereocenters. The van der Waals surface area contributed by atoms with Gasteiger partial charge in [0.05, 0.1) is 5.52 Å². The number of aryl methyl sites for hydroxylation is 1. The average molecular weight is 288 g/mol. The van der Waals surface area contributed by atoms with E-state index in [2.05, 4.69) is 17.2 Å². The number of carbonyl (C=O) groups excluding carboxylic acids is 2. The lowest BCUT2D eigenvalue weighted by atomic mass is 10.2. The number of aromatic hydroxyl groups is 1. The average Bonchev–Trinajstić information content (AvgIpc) is 2.74. The molecule has 0 fully saturated rings. The van der Waals surface area contributed by atoms with Gasteiger partial charge in [0.2, 0.25) is 5.88 Å². The van der Waals surface area contributed by atoms with Crippen LogP contribution in [0.15, 0.2) is 34.5 Å². The number of fused-ring (bicyclic) bond motifs is 1. The summed E-state index contributed by atoms with van der Waals surface area (Å²) in [5.41, 5.74) is 5.77. The number of amides is 2. The van der Waals surface area contributed by atoms with Crippen molar-refractivity contribution < 1.29 is 14.7 Å². The highest BCUT2D eigenvalue weighted by atomic mass is 16.3. The van der Waals surface area contributed by atoms with E-state index in [0.717, 1.165) is 18.4 Å². The Kier molecular flexibility index (Phi) is 4.32. The van der Waals surface area contributed by atoms with Crippen LogP contribution in [0.5, 0.6) is 5.88 Å². The highest BCUT2D eigenvalue weighted by molar-refractivity contribution is 6.34. The third kappa shape index (κ3) is 2.91. The van der Waals surface area contributed by atoms with Crippen molar-refractivity contribution in [1.82, 2.24) is 4.57 Å². The van der Waals surface area contributed by atoms with Crippen molar-refractivity contribution in [1.29, 1.82) is 0 Å². The lowest BCUT2D eigenvalue weighted by molar-refractivity contribution is -0.135. The maximum Gasteiger partial charge on any atom is 0.353 e. The Morgan fingerprint density at radius 1 is 1.33 bits per heavy atom. The van der Waals surface area contributed by atoms with Gasteiger partial charge in [0.1, 0.15) is 0 Å². The molecule has 2 aromatic rings. The minimum absolute atomic E-state index is 0.0781. The summed E-state index contributed by atoms with van der Waals surface area (Å²) in [5, 5.41) is 17.9. The second kappa shape index (κ2) is 6.17. The topological polar surface area (TPSA) is 110 Å². The molecule has 0 aliphatic rings. The Hall–Kier alpha value is -2.70. The van der Waals surface area contributed by atoms with Gasteiger partial charge >= 0.3 is 11.8 Å². The minimum atomic E-state index is -1.19. The van der Waals surface area contributed by atoms with E-state index < -0.39 is 11.8 Å². The monoisotopic (exact) mass is 288 g/mol. The quantitative estimate of drug-likeness (QED) is 0.664. The lowest BCUT2D eigenvalue weighted by Gasteiger charge is -2.04. The SMILES string of the molecule is CCCCn1c(O)c(N=NC(=O)C(N)=O)c2ccccc21. The number of para-hydroxylation sites is 1. The lowest BCUT2D eigenvalue weighted by Crippen LogP contribution is -2.20. The van der Waals surface area contributed by atoms with Crippen molar-refractivity contribution in [3.05, 3.63) is 24.3 Å². The zero-order valence-corrected chi connectivity index (χ0v) is 11.6. The van der Waals surface area contributed by atoms with Gasteiger partial charge in [-0.25, -0.2) is 0 Å². The van der Waals surface area contributed by atoms with E-state index in [1.54, 1.807) is 16.7 Å². The molecule has 0 bridgehead atoms. The van der Waals surface area contributed by atoms with E-state index in [1.165, 1.54) is 0 Å². The Morgan fingerprint density at radius 2 is 2.05 bits per heavy atom. The fourth-order valence-electron chi connectivity index (χ4n) is 2.06. The fourth-order valence-corrected chi connectivity index (χ4v) is 2.06. The molecule has 7 nitrogen and oxygen atoms in total. The number of aromatic nitrogens is 1. The summed E-state index contributed by atoms with van der Waals surface area (Å²) in [6.07, 6.45) is 1.87. The van der Waals surface area contributed by atoms with E-state index >= 15 is 0 Å². The van der Waals surface area contributed by atoms with Crippen molar-refractivity contribution in [2.45, 2.75) is 26.3 Å². The molecule has 1 aromatic heterocycles. The minimum Gasteiger partial charge on any atom is -0.493 e. The third-order valence-corrected chi connectivity index (χ3v) is 3.10. The predicted octanol–water partition coefficient (Wildman–Crippen LogP) is 2.24. The molecule has 0 radical (unpaired) electrons. The second-order valence-corrected chi connectivity index (χ2v) is 4.56. The molecule has 1 heterocycles. The predicted molar refractivity (Wildman–Crippen MR) is 77.2 cm³/mol. The summed E-state index contributed by atoms with van der Waals surface area (Å²) in [6.45, 7) is 2.68. The number of nitrogens with two attached hydrogens (primary N) is 1. The highest BCUT2D eigenvalue weighted by Crippen LogP contribution is 2.38. The van der Waals surface area contributed by atoms with Crippen LogP contribution in [0.4, 0.5) is 5.69 Å². The van der Waals surface area contributed by atoms with Gasteiger partial charge in [0.15, 0.2) is 5.69 Å². The Bertz CT molecular complexity index is 718. The van der Waals surface area contributed by atoms with Crippen LogP contribution >= 0.6 is 0 Å². The summed E-state index contributed by atoms with van der Waals surface area (Å²) >= 11 is 0. The summed E-state index contributed by atoms with van der Waals surface area (Å²) < 4.78 is 1.71. The summed E-state index contributed by atoms with van der Waals surface area (Å²) in [7, 11) is 0. The molecule has 7 heteroatoms. The van der Waals surface area contributed by atoms with Crippen LogP contribution in [0, 0.1) is 0 Å². The van der Waals surface area contributed by atoms with Crippen LogP contribution in [-0.2, 0) is 16.1 Å². The standard InChI is InChI=1S/C14H16N4O3/c1-2-3-8-18-10-7-5-4-6-9(10)11(14(18)21)16-17-13(20)12(15)19/h4-7,21H,2-3,8H2,1H3,(H2,15,19). The van der Waals surface area contributed by atoms with Crippen LogP contribution < -0.4 is 5.73 Å². The number of carbonyl (C=O) groups is 2. The van der Waals surface area contributed by atoms with E-state index in [-0.39, 0.29) is 11.6 Å². The number of unbranched alkanes of at least 4 members (excludes halogenated alkanes) is 1. The normalized spacial score (nSPS) is 11.3. The summed E-state index contributed by atoms with van der Waals surface area (Å²) in [4.78, 5) is 21.8. The Morgan fingerprint density at radius 3 is 2.71 bits per heavy atom. The molecular formula is C14H16N4O3. The van der Waals surface area contributed by atoms with Crippen molar-refractivity contribution in [3.63, 3.8) is 0 Å². The molecule has 0 atom stereocenters. The van der Waals surface area contributed by atoms with Gasteiger partial charge in [0, 0.05) is 11.9 Å². The van der Waals surface area contributed by atoms with E-state index in [4.69, 9.17) is 5.73 Å². The summed E-state index contributed by atoms with van der Waals surface area (Å²) in [5.74, 6) is -2.42. The van der Waals surface area contributed by atoms with Crippen LogP contribution in [0.3, 0.4) is 0 Å². The number of primary amides is 1. The van der Waals surface area contributed by atoms with Crippen LogP contribution in [0.1, 0.15) is 19.8 Å². The molecule has 0 spiro atoms. The molecule has 0 saturated carbocycles. The van der Waals surface area contributed by atoms with Crippen LogP contribution in [0.25, 0.3) is 10.9 Å². The molecule has 2 amide bonds. The first kappa shape index (κ1) is 14.7. The largest absolute Gasteiger partial charge is 0.493 e. The zero-order chi connectivity index (χ0) is 15.4. The highest BCUT2D eigenvalue weighted by Gasteiger charge is 2.16. The number of benzene rings is 1. The van der Waals surface area contributed by atoms with Gasteiger partial charge in [-0.15, -0.1) is 10.2 Å². The van der Waals surface area contributed by atoms with Crippen molar-refractivity contribution in [2.75, 3.05) is 0 Å². The van der Waals surface area contributed by atoms with E-state index in [9.17, 15) is 14.7 Å². The van der Waals surface area contributed by atoms with Crippen molar-refractivity contribution in [3.8, 4) is 5.88 Å². The molecule has 0 saturated heterocycles. The summed E-state index contributed by atoms with van der Waals surface area (Å²) in [6, 6.07) is 7.25. The van der Waals surface area contributed by atoms with Crippen molar-refractivity contribution in [2.24, 2.45) is 16.0 Å².